The highest BCUT2D eigenvalue weighted by Gasteiger charge is 2.46. The van der Waals surface area contributed by atoms with E-state index in [2.05, 4.69) is 212 Å². The fourth-order valence-electron chi connectivity index (χ4n) is 9.82. The first-order valence-electron chi connectivity index (χ1n) is 20.5. The van der Waals surface area contributed by atoms with E-state index in [9.17, 15) is 0 Å². The van der Waals surface area contributed by atoms with Crippen molar-refractivity contribution >= 4 is 42.3 Å². The number of hydrogen-bond donors (Lipinski definition) is 0. The van der Waals surface area contributed by atoms with Crippen LogP contribution in [0.4, 0.5) is 0 Å². The summed E-state index contributed by atoms with van der Waals surface area (Å²) in [5.41, 5.74) is 14.7. The second kappa shape index (κ2) is 13.8. The molecule has 280 valence electrons. The average molecular weight is 781 g/mol. The molecule has 0 spiro atoms. The Morgan fingerprint density at radius 3 is 1.63 bits per heavy atom. The number of thiophene rings is 1. The van der Waals surface area contributed by atoms with Gasteiger partial charge in [-0.25, -0.2) is 9.97 Å². The third-order valence-corrected chi connectivity index (χ3v) is 13.5. The zero-order valence-corrected chi connectivity index (χ0v) is 33.4. The molecule has 1 aliphatic rings. The maximum Gasteiger partial charge on any atom is 0.160 e. The van der Waals surface area contributed by atoms with Gasteiger partial charge in [-0.3, -0.25) is 0 Å². The molecule has 0 atom stereocenters. The van der Waals surface area contributed by atoms with Crippen LogP contribution in [0.2, 0.25) is 0 Å². The van der Waals surface area contributed by atoms with E-state index in [0.717, 1.165) is 33.5 Å². The minimum absolute atomic E-state index is 0.431. The van der Waals surface area contributed by atoms with Gasteiger partial charge in [0.1, 0.15) is 0 Å². The van der Waals surface area contributed by atoms with Gasteiger partial charge in [-0.1, -0.05) is 194 Å². The molecule has 11 aromatic rings. The van der Waals surface area contributed by atoms with Crippen molar-refractivity contribution in [2.75, 3.05) is 0 Å². The van der Waals surface area contributed by atoms with Gasteiger partial charge in [0.2, 0.25) is 0 Å². The predicted molar refractivity (Wildman–Crippen MR) is 251 cm³/mol. The molecule has 0 saturated carbocycles. The van der Waals surface area contributed by atoms with Crippen LogP contribution < -0.4 is 0 Å². The Morgan fingerprint density at radius 1 is 0.333 bits per heavy atom. The molecule has 3 heteroatoms. The number of benzene rings is 9. The lowest BCUT2D eigenvalue weighted by Gasteiger charge is -2.33. The van der Waals surface area contributed by atoms with E-state index in [4.69, 9.17) is 9.97 Å². The van der Waals surface area contributed by atoms with E-state index in [1.54, 1.807) is 0 Å². The maximum absolute atomic E-state index is 5.32. The molecule has 0 N–H and O–H groups in total. The van der Waals surface area contributed by atoms with Gasteiger partial charge in [-0.2, -0.15) is 0 Å². The highest BCUT2D eigenvalue weighted by molar-refractivity contribution is 7.25. The summed E-state index contributed by atoms with van der Waals surface area (Å²) in [5, 5.41) is 4.84. The molecule has 12 rings (SSSR count). The lowest BCUT2D eigenvalue weighted by atomic mass is 9.67. The van der Waals surface area contributed by atoms with E-state index in [0.29, 0.717) is 5.82 Å². The summed E-state index contributed by atoms with van der Waals surface area (Å²) in [4.78, 5) is 10.6. The van der Waals surface area contributed by atoms with E-state index < -0.39 is 5.41 Å². The number of rotatable bonds is 6. The SMILES string of the molecule is c1ccc(-c2nc(-c3ccc(-c4ccc5c(c4)-c4ccccc4C5(c4ccccc4)c4ccccc4)c4ccccc34)cc(-c3cccc4sc5ccccc5c34)n2)cc1. The average Bonchev–Trinajstić information content (AvgIpc) is 3.86. The Morgan fingerprint density at radius 2 is 0.883 bits per heavy atom. The molecular formula is C57H36N2S. The maximum atomic E-state index is 5.32. The molecule has 0 aliphatic heterocycles. The van der Waals surface area contributed by atoms with Crippen molar-refractivity contribution in [3.8, 4) is 56.2 Å². The number of aromatic nitrogens is 2. The zero-order valence-electron chi connectivity index (χ0n) is 32.6. The second-order valence-electron chi connectivity index (χ2n) is 15.6. The van der Waals surface area contributed by atoms with Crippen molar-refractivity contribution in [1.82, 2.24) is 9.97 Å². The first-order valence-corrected chi connectivity index (χ1v) is 21.3. The second-order valence-corrected chi connectivity index (χ2v) is 16.7. The van der Waals surface area contributed by atoms with Crippen molar-refractivity contribution in [3.63, 3.8) is 0 Å². The third kappa shape index (κ3) is 5.26. The van der Waals surface area contributed by atoms with Crippen molar-refractivity contribution in [3.05, 3.63) is 241 Å². The van der Waals surface area contributed by atoms with Gasteiger partial charge in [0.05, 0.1) is 16.8 Å². The van der Waals surface area contributed by atoms with E-state index >= 15 is 0 Å². The monoisotopic (exact) mass is 780 g/mol. The first-order chi connectivity index (χ1) is 29.8. The summed E-state index contributed by atoms with van der Waals surface area (Å²) in [7, 11) is 0. The minimum atomic E-state index is -0.431. The van der Waals surface area contributed by atoms with Crippen LogP contribution in [0.3, 0.4) is 0 Å². The van der Waals surface area contributed by atoms with Crippen LogP contribution in [0.15, 0.2) is 218 Å². The van der Waals surface area contributed by atoms with E-state index in [1.165, 1.54) is 70.1 Å². The Labute approximate surface area is 352 Å². The molecule has 0 amide bonds. The fraction of sp³-hybridized carbons (Fsp3) is 0.0175. The van der Waals surface area contributed by atoms with E-state index in [1.807, 2.05) is 17.4 Å². The summed E-state index contributed by atoms with van der Waals surface area (Å²) in [6, 6.07) is 79.2. The Bertz CT molecular complexity index is 3380. The summed E-state index contributed by atoms with van der Waals surface area (Å²) < 4.78 is 2.53. The van der Waals surface area contributed by atoms with Gasteiger partial charge in [0.15, 0.2) is 5.82 Å². The van der Waals surface area contributed by atoms with Crippen molar-refractivity contribution in [2.24, 2.45) is 0 Å². The Hall–Kier alpha value is -7.46. The standard InChI is InChI=1S/C57H36N2S/c1-4-17-37(18-5-1)56-58-51(36-52(59-56)46-27-16-30-54-55(46)47-26-13-15-29-53(47)60-54)45-33-32-41(42-23-10-11-24-43(42)45)38-31-34-50-48(35-38)44-25-12-14-28-49(44)57(50,39-19-6-2-7-20-39)40-21-8-3-9-22-40/h1-36H. The van der Waals surface area contributed by atoms with Gasteiger partial charge < -0.3 is 0 Å². The molecule has 0 bridgehead atoms. The Kier molecular flexibility index (Phi) is 7.97. The van der Waals surface area contributed by atoms with Crippen LogP contribution in [0.5, 0.6) is 0 Å². The van der Waals surface area contributed by atoms with Gasteiger partial charge in [0, 0.05) is 36.9 Å². The third-order valence-electron chi connectivity index (χ3n) is 12.4. The largest absolute Gasteiger partial charge is 0.228 e. The zero-order chi connectivity index (χ0) is 39.6. The smallest absolute Gasteiger partial charge is 0.160 e. The molecular weight excluding hydrogens is 745 g/mol. The van der Waals surface area contributed by atoms with Gasteiger partial charge >= 0.3 is 0 Å². The molecule has 60 heavy (non-hydrogen) atoms. The number of fused-ring (bicyclic) bond motifs is 7. The topological polar surface area (TPSA) is 25.8 Å². The van der Waals surface area contributed by atoms with Crippen molar-refractivity contribution in [2.45, 2.75) is 5.41 Å². The summed E-state index contributed by atoms with van der Waals surface area (Å²) >= 11 is 1.83. The molecule has 2 heterocycles. The molecule has 0 unspecified atom stereocenters. The molecule has 0 saturated heterocycles. The fourth-order valence-corrected chi connectivity index (χ4v) is 11.0. The van der Waals surface area contributed by atoms with E-state index in [-0.39, 0.29) is 0 Å². The highest BCUT2D eigenvalue weighted by Crippen LogP contribution is 2.57. The van der Waals surface area contributed by atoms with Crippen molar-refractivity contribution in [1.29, 1.82) is 0 Å². The molecule has 0 fully saturated rings. The minimum Gasteiger partial charge on any atom is -0.228 e. The summed E-state index contributed by atoms with van der Waals surface area (Å²) in [5.74, 6) is 0.713. The van der Waals surface area contributed by atoms with Crippen LogP contribution in [0.1, 0.15) is 22.3 Å². The summed E-state index contributed by atoms with van der Waals surface area (Å²) in [6.07, 6.45) is 0. The lowest BCUT2D eigenvalue weighted by molar-refractivity contribution is 0.768. The normalized spacial score (nSPS) is 12.8. The van der Waals surface area contributed by atoms with Crippen molar-refractivity contribution < 1.29 is 0 Å². The van der Waals surface area contributed by atoms with Crippen LogP contribution >= 0.6 is 11.3 Å². The Balaban J connectivity index is 1.05. The van der Waals surface area contributed by atoms with Crippen LogP contribution in [0, 0.1) is 0 Å². The molecule has 0 radical (unpaired) electrons. The number of nitrogens with zero attached hydrogens (tertiary/aromatic N) is 2. The van der Waals surface area contributed by atoms with Gasteiger partial charge in [-0.05, 0) is 79.5 Å². The van der Waals surface area contributed by atoms with Crippen LogP contribution in [0.25, 0.3) is 87.1 Å². The molecule has 2 nitrogen and oxygen atoms in total. The number of hydrogen-bond acceptors (Lipinski definition) is 3. The predicted octanol–water partition coefficient (Wildman–Crippen LogP) is 15.0. The quantitative estimate of drug-likeness (QED) is 0.168. The van der Waals surface area contributed by atoms with Crippen LogP contribution in [-0.4, -0.2) is 9.97 Å². The lowest BCUT2D eigenvalue weighted by Crippen LogP contribution is -2.28. The molecule has 1 aliphatic carbocycles. The van der Waals surface area contributed by atoms with Crippen LogP contribution in [-0.2, 0) is 5.41 Å². The van der Waals surface area contributed by atoms with Gasteiger partial charge in [0.25, 0.3) is 0 Å². The molecule has 2 aromatic heterocycles. The first kappa shape index (κ1) is 34.6. The van der Waals surface area contributed by atoms with Gasteiger partial charge in [-0.15, -0.1) is 11.3 Å². The highest BCUT2D eigenvalue weighted by atomic mass is 32.1. The molecule has 9 aromatic carbocycles. The summed E-state index contributed by atoms with van der Waals surface area (Å²) in [6.45, 7) is 0.